The number of ether oxygens (including phenoxy) is 2. The van der Waals surface area contributed by atoms with Crippen LogP contribution in [0.3, 0.4) is 0 Å². The fraction of sp³-hybridized carbons (Fsp3) is 0.381. The Balaban J connectivity index is 1.28. The highest BCUT2D eigenvalue weighted by atomic mass is 35.5. The van der Waals surface area contributed by atoms with Crippen molar-refractivity contribution in [1.29, 1.82) is 0 Å². The van der Waals surface area contributed by atoms with E-state index in [0.717, 1.165) is 56.0 Å². The van der Waals surface area contributed by atoms with Crippen LogP contribution in [0.5, 0.6) is 11.5 Å². The maximum Gasteiger partial charge on any atom is 0.238 e. The van der Waals surface area contributed by atoms with Crippen molar-refractivity contribution >= 4 is 33.0 Å². The Morgan fingerprint density at radius 3 is 2.48 bits per heavy atom. The van der Waals surface area contributed by atoms with E-state index < -0.39 is 9.84 Å². The van der Waals surface area contributed by atoms with Crippen LogP contribution in [0.15, 0.2) is 41.3 Å². The molecule has 2 aliphatic rings. The van der Waals surface area contributed by atoms with E-state index in [1.54, 1.807) is 0 Å². The fourth-order valence-corrected chi connectivity index (χ4v) is 4.44. The molecule has 0 unspecified atom stereocenters. The monoisotopic (exact) mass is 465 g/mol. The normalized spacial score (nSPS) is 17.0. The first-order chi connectivity index (χ1) is 14.8. The van der Waals surface area contributed by atoms with Gasteiger partial charge in [0.2, 0.25) is 12.7 Å². The highest BCUT2D eigenvalue weighted by Gasteiger charge is 2.21. The van der Waals surface area contributed by atoms with Gasteiger partial charge < -0.3 is 14.8 Å². The topological polar surface area (TPSA) is 88.2 Å². The number of piperazine rings is 1. The highest BCUT2D eigenvalue weighted by molar-refractivity contribution is 7.90. The first-order valence-electron chi connectivity index (χ1n) is 9.90. The van der Waals surface area contributed by atoms with Gasteiger partial charge in [0.05, 0.1) is 22.2 Å². The summed E-state index contributed by atoms with van der Waals surface area (Å²) < 4.78 is 34.3. The summed E-state index contributed by atoms with van der Waals surface area (Å²) in [5, 5.41) is 3.03. The average Bonchev–Trinajstić information content (AvgIpc) is 3.18. The van der Waals surface area contributed by atoms with Crippen molar-refractivity contribution in [1.82, 2.24) is 9.80 Å². The quantitative estimate of drug-likeness (QED) is 0.699. The number of nitrogens with one attached hydrogen (secondary N) is 1. The van der Waals surface area contributed by atoms with Gasteiger partial charge in [-0.2, -0.15) is 0 Å². The maximum atomic E-state index is 12.5. The number of carbonyl (C=O) groups is 1. The zero-order chi connectivity index (χ0) is 22.0. The minimum atomic E-state index is -3.38. The molecule has 0 saturated carbocycles. The van der Waals surface area contributed by atoms with Gasteiger partial charge in [-0.1, -0.05) is 17.7 Å². The lowest BCUT2D eigenvalue weighted by Gasteiger charge is -2.34. The Kier molecular flexibility index (Phi) is 6.38. The van der Waals surface area contributed by atoms with Gasteiger partial charge in [-0.05, 0) is 35.9 Å². The van der Waals surface area contributed by atoms with E-state index in [9.17, 15) is 13.2 Å². The number of nitrogens with zero attached hydrogens (tertiary/aromatic N) is 2. The molecule has 10 heteroatoms. The van der Waals surface area contributed by atoms with E-state index in [1.807, 2.05) is 18.2 Å². The van der Waals surface area contributed by atoms with Crippen LogP contribution < -0.4 is 14.8 Å². The van der Waals surface area contributed by atoms with Crippen LogP contribution in [-0.4, -0.2) is 69.9 Å². The predicted molar refractivity (Wildman–Crippen MR) is 117 cm³/mol. The van der Waals surface area contributed by atoms with Gasteiger partial charge >= 0.3 is 0 Å². The van der Waals surface area contributed by atoms with Crippen molar-refractivity contribution in [2.45, 2.75) is 11.4 Å². The lowest BCUT2D eigenvalue weighted by molar-refractivity contribution is -0.117. The number of carbonyl (C=O) groups excluding carboxylic acids is 1. The molecule has 0 bridgehead atoms. The number of hydrogen-bond acceptors (Lipinski definition) is 7. The van der Waals surface area contributed by atoms with Gasteiger partial charge in [0.1, 0.15) is 0 Å². The predicted octanol–water partition coefficient (Wildman–Crippen LogP) is 2.23. The Bertz CT molecular complexity index is 1080. The minimum Gasteiger partial charge on any atom is -0.454 e. The van der Waals surface area contributed by atoms with Crippen LogP contribution in [0.4, 0.5) is 5.69 Å². The average molecular weight is 466 g/mol. The van der Waals surface area contributed by atoms with Crippen LogP contribution in [0.25, 0.3) is 0 Å². The second-order valence-electron chi connectivity index (χ2n) is 7.70. The maximum absolute atomic E-state index is 12.5. The summed E-state index contributed by atoms with van der Waals surface area (Å²) in [5.74, 6) is 1.34. The fourth-order valence-electron chi connectivity index (χ4n) is 3.63. The van der Waals surface area contributed by atoms with E-state index in [0.29, 0.717) is 10.7 Å². The molecule has 1 N–H and O–H groups in total. The molecule has 0 aromatic heterocycles. The number of halogens is 1. The van der Waals surface area contributed by atoms with Gasteiger partial charge in [-0.3, -0.25) is 14.6 Å². The van der Waals surface area contributed by atoms with Crippen molar-refractivity contribution < 1.29 is 22.7 Å². The minimum absolute atomic E-state index is 0.115. The summed E-state index contributed by atoms with van der Waals surface area (Å²) in [6.07, 6.45) is 1.12. The summed E-state index contributed by atoms with van der Waals surface area (Å²) in [7, 11) is -3.38. The molecule has 0 radical (unpaired) electrons. The van der Waals surface area contributed by atoms with Crippen molar-refractivity contribution in [2.75, 3.05) is 51.1 Å². The van der Waals surface area contributed by atoms with E-state index >= 15 is 0 Å². The molecule has 0 spiro atoms. The third kappa shape index (κ3) is 5.48. The van der Waals surface area contributed by atoms with Crippen LogP contribution in [0.2, 0.25) is 5.02 Å². The molecule has 2 aromatic carbocycles. The van der Waals surface area contributed by atoms with Crippen molar-refractivity contribution in [2.24, 2.45) is 0 Å². The number of anilines is 1. The van der Waals surface area contributed by atoms with Crippen molar-refractivity contribution in [3.8, 4) is 11.5 Å². The summed E-state index contributed by atoms with van der Waals surface area (Å²) in [6, 6.07) is 10.3. The molecule has 0 aliphatic carbocycles. The number of sulfone groups is 1. The van der Waals surface area contributed by atoms with Crippen molar-refractivity contribution in [3.63, 3.8) is 0 Å². The van der Waals surface area contributed by atoms with E-state index in [2.05, 4.69) is 15.1 Å². The molecular weight excluding hydrogens is 442 g/mol. The van der Waals surface area contributed by atoms with Crippen LogP contribution in [0.1, 0.15) is 5.56 Å². The third-order valence-corrected chi connectivity index (χ3v) is 6.76. The standard InChI is InChI=1S/C21H24ClN3O5S/c1-31(27,28)16-3-4-17(22)18(11-16)23-21(26)13-25-8-6-24(7-9-25)12-15-2-5-19-20(10-15)30-14-29-19/h2-5,10-11H,6-9,12-14H2,1H3,(H,23,26). The van der Waals surface area contributed by atoms with E-state index in [-0.39, 0.29) is 24.1 Å². The van der Waals surface area contributed by atoms with Crippen LogP contribution in [-0.2, 0) is 21.2 Å². The van der Waals surface area contributed by atoms with Crippen LogP contribution >= 0.6 is 11.6 Å². The molecule has 4 rings (SSSR count). The molecule has 1 saturated heterocycles. The Morgan fingerprint density at radius 2 is 1.74 bits per heavy atom. The Hall–Kier alpha value is -2.33. The zero-order valence-corrected chi connectivity index (χ0v) is 18.7. The number of rotatable bonds is 6. The SMILES string of the molecule is CS(=O)(=O)c1ccc(Cl)c(NC(=O)CN2CCN(Cc3ccc4c(c3)OCO4)CC2)c1. The lowest BCUT2D eigenvalue weighted by atomic mass is 10.1. The second-order valence-corrected chi connectivity index (χ2v) is 10.1. The molecular formula is C21H24ClN3O5S. The smallest absolute Gasteiger partial charge is 0.238 e. The molecule has 8 nitrogen and oxygen atoms in total. The number of amides is 1. The molecule has 31 heavy (non-hydrogen) atoms. The number of hydrogen-bond donors (Lipinski definition) is 1. The molecule has 1 fully saturated rings. The molecule has 2 aromatic rings. The second kappa shape index (κ2) is 9.04. The third-order valence-electron chi connectivity index (χ3n) is 5.32. The zero-order valence-electron chi connectivity index (χ0n) is 17.1. The van der Waals surface area contributed by atoms with Gasteiger partial charge in [0.25, 0.3) is 0 Å². The summed E-state index contributed by atoms with van der Waals surface area (Å²) >= 11 is 6.12. The van der Waals surface area contributed by atoms with Crippen molar-refractivity contribution in [3.05, 3.63) is 47.0 Å². The summed E-state index contributed by atoms with van der Waals surface area (Å²) in [5.41, 5.74) is 1.46. The first-order valence-corrected chi connectivity index (χ1v) is 12.2. The van der Waals surface area contributed by atoms with Gasteiger partial charge in [-0.25, -0.2) is 8.42 Å². The largest absolute Gasteiger partial charge is 0.454 e. The Morgan fingerprint density at radius 1 is 1.03 bits per heavy atom. The first kappa shape index (κ1) is 21.9. The van der Waals surface area contributed by atoms with Crippen LogP contribution in [0, 0.1) is 0 Å². The summed E-state index contributed by atoms with van der Waals surface area (Å²) in [4.78, 5) is 17.0. The molecule has 1 amide bonds. The lowest BCUT2D eigenvalue weighted by Crippen LogP contribution is -2.48. The molecule has 2 aliphatic heterocycles. The van der Waals surface area contributed by atoms with E-state index in [1.165, 1.54) is 18.2 Å². The Labute approximate surface area is 186 Å². The highest BCUT2D eigenvalue weighted by Crippen LogP contribution is 2.33. The van der Waals surface area contributed by atoms with Gasteiger partial charge in [0, 0.05) is 39.0 Å². The summed E-state index contributed by atoms with van der Waals surface area (Å²) in [6.45, 7) is 4.49. The number of fused-ring (bicyclic) bond motifs is 1. The van der Waals surface area contributed by atoms with Gasteiger partial charge in [-0.15, -0.1) is 0 Å². The molecule has 0 atom stereocenters. The molecule has 2 heterocycles. The van der Waals surface area contributed by atoms with Gasteiger partial charge in [0.15, 0.2) is 21.3 Å². The number of benzene rings is 2. The van der Waals surface area contributed by atoms with E-state index in [4.69, 9.17) is 21.1 Å². The molecule has 166 valence electrons.